The van der Waals surface area contributed by atoms with E-state index in [1.165, 1.54) is 0 Å². The highest BCUT2D eigenvalue weighted by atomic mass is 16.3. The Morgan fingerprint density at radius 2 is 2.17 bits per heavy atom. The van der Waals surface area contributed by atoms with Crippen molar-refractivity contribution < 1.29 is 8.83 Å². The quantitative estimate of drug-likeness (QED) is 0.764. The molecule has 0 aliphatic carbocycles. The smallest absolute Gasteiger partial charge is 0.220 e. The highest BCUT2D eigenvalue weighted by Gasteiger charge is 2.03. The van der Waals surface area contributed by atoms with Crippen molar-refractivity contribution in [2.45, 2.75) is 6.54 Å². The summed E-state index contributed by atoms with van der Waals surface area (Å²) >= 11 is 0. The molecular formula is C14H12N2O2. The highest BCUT2D eigenvalue weighted by Crippen LogP contribution is 2.18. The summed E-state index contributed by atoms with van der Waals surface area (Å²) in [6, 6.07) is 9.47. The standard InChI is InChI=1S/C14H12N2O2/c15-9-10-3-5-12-13(8-10)18-14(16-12)6-4-11-2-1-7-17-11/h1-8H,9,15H2/b6-4-. The third-order valence-electron chi connectivity index (χ3n) is 2.64. The Labute approximate surface area is 104 Å². The van der Waals surface area contributed by atoms with Gasteiger partial charge in [0.05, 0.1) is 6.26 Å². The van der Waals surface area contributed by atoms with E-state index < -0.39 is 0 Å². The molecule has 2 aromatic heterocycles. The van der Waals surface area contributed by atoms with Crippen molar-refractivity contribution in [1.82, 2.24) is 4.98 Å². The molecule has 1 aromatic carbocycles. The number of aromatic nitrogens is 1. The van der Waals surface area contributed by atoms with Crippen LogP contribution in [0.5, 0.6) is 0 Å². The first-order valence-corrected chi connectivity index (χ1v) is 5.66. The van der Waals surface area contributed by atoms with E-state index in [9.17, 15) is 0 Å². The number of hydrogen-bond donors (Lipinski definition) is 1. The third kappa shape index (κ3) is 2.06. The summed E-state index contributed by atoms with van der Waals surface area (Å²) in [6.07, 6.45) is 5.22. The largest absolute Gasteiger partial charge is 0.465 e. The van der Waals surface area contributed by atoms with Gasteiger partial charge in [0, 0.05) is 12.6 Å². The van der Waals surface area contributed by atoms with Gasteiger partial charge in [-0.15, -0.1) is 0 Å². The molecule has 2 heterocycles. The maximum Gasteiger partial charge on any atom is 0.220 e. The molecule has 0 amide bonds. The van der Waals surface area contributed by atoms with Crippen LogP contribution in [0.1, 0.15) is 17.2 Å². The van der Waals surface area contributed by atoms with Gasteiger partial charge >= 0.3 is 0 Å². The van der Waals surface area contributed by atoms with Gasteiger partial charge in [0.1, 0.15) is 11.3 Å². The zero-order valence-electron chi connectivity index (χ0n) is 9.67. The van der Waals surface area contributed by atoms with Gasteiger partial charge in [-0.3, -0.25) is 0 Å². The summed E-state index contributed by atoms with van der Waals surface area (Å²) in [5.74, 6) is 1.32. The lowest BCUT2D eigenvalue weighted by atomic mass is 10.2. The van der Waals surface area contributed by atoms with Crippen molar-refractivity contribution in [2.75, 3.05) is 0 Å². The third-order valence-corrected chi connectivity index (χ3v) is 2.64. The fourth-order valence-electron chi connectivity index (χ4n) is 1.72. The summed E-state index contributed by atoms with van der Waals surface area (Å²) in [5.41, 5.74) is 8.18. The van der Waals surface area contributed by atoms with E-state index in [4.69, 9.17) is 14.6 Å². The minimum atomic E-state index is 0.494. The molecule has 18 heavy (non-hydrogen) atoms. The first kappa shape index (κ1) is 10.8. The van der Waals surface area contributed by atoms with Crippen LogP contribution >= 0.6 is 0 Å². The van der Waals surface area contributed by atoms with Crippen molar-refractivity contribution >= 4 is 23.3 Å². The van der Waals surface area contributed by atoms with Crippen LogP contribution in [0.25, 0.3) is 23.3 Å². The van der Waals surface area contributed by atoms with Crippen LogP contribution in [0.3, 0.4) is 0 Å². The van der Waals surface area contributed by atoms with Crippen LogP contribution in [0, 0.1) is 0 Å². The van der Waals surface area contributed by atoms with E-state index in [2.05, 4.69) is 4.98 Å². The first-order valence-electron chi connectivity index (χ1n) is 5.66. The van der Waals surface area contributed by atoms with E-state index in [0.717, 1.165) is 22.4 Å². The predicted molar refractivity (Wildman–Crippen MR) is 69.5 cm³/mol. The zero-order chi connectivity index (χ0) is 12.4. The van der Waals surface area contributed by atoms with Crippen LogP contribution in [-0.4, -0.2) is 4.98 Å². The SMILES string of the molecule is NCc1ccc2nc(/C=C\c3ccco3)oc2c1. The van der Waals surface area contributed by atoms with Gasteiger partial charge in [-0.2, -0.15) is 0 Å². The molecule has 0 fully saturated rings. The Balaban J connectivity index is 1.93. The molecule has 0 atom stereocenters. The molecule has 0 saturated heterocycles. The van der Waals surface area contributed by atoms with Gasteiger partial charge in [-0.1, -0.05) is 6.07 Å². The lowest BCUT2D eigenvalue weighted by Crippen LogP contribution is -1.94. The molecule has 0 bridgehead atoms. The van der Waals surface area contributed by atoms with Gasteiger partial charge in [-0.05, 0) is 35.9 Å². The molecule has 3 rings (SSSR count). The summed E-state index contributed by atoms with van der Waals surface area (Å²) in [5, 5.41) is 0. The monoisotopic (exact) mass is 240 g/mol. The average molecular weight is 240 g/mol. The summed E-state index contributed by atoms with van der Waals surface area (Å²) in [4.78, 5) is 4.35. The van der Waals surface area contributed by atoms with Crippen LogP contribution in [0.15, 0.2) is 45.4 Å². The summed E-state index contributed by atoms with van der Waals surface area (Å²) in [6.45, 7) is 0.494. The lowest BCUT2D eigenvalue weighted by Gasteiger charge is -1.92. The molecule has 0 radical (unpaired) electrons. The maximum absolute atomic E-state index is 5.61. The van der Waals surface area contributed by atoms with Gasteiger partial charge < -0.3 is 14.6 Å². The number of nitrogens with two attached hydrogens (primary N) is 1. The number of fused-ring (bicyclic) bond motifs is 1. The molecule has 0 unspecified atom stereocenters. The topological polar surface area (TPSA) is 65.2 Å². The van der Waals surface area contributed by atoms with Gasteiger partial charge in [0.2, 0.25) is 5.89 Å². The van der Waals surface area contributed by atoms with Crippen molar-refractivity contribution in [3.05, 3.63) is 53.8 Å². The number of oxazole rings is 1. The molecule has 2 N–H and O–H groups in total. The maximum atomic E-state index is 5.61. The van der Waals surface area contributed by atoms with Gasteiger partial charge in [0.15, 0.2) is 5.58 Å². The Bertz CT molecular complexity index is 681. The zero-order valence-corrected chi connectivity index (χ0v) is 9.67. The average Bonchev–Trinajstić information content (AvgIpc) is 3.04. The minimum absolute atomic E-state index is 0.494. The Hall–Kier alpha value is -2.33. The van der Waals surface area contributed by atoms with Crippen molar-refractivity contribution in [3.63, 3.8) is 0 Å². The second kappa shape index (κ2) is 4.50. The summed E-state index contributed by atoms with van der Waals surface area (Å²) in [7, 11) is 0. The molecule has 90 valence electrons. The number of furan rings is 1. The van der Waals surface area contributed by atoms with Crippen LogP contribution in [0.2, 0.25) is 0 Å². The fraction of sp³-hybridized carbons (Fsp3) is 0.0714. The van der Waals surface area contributed by atoms with Crippen LogP contribution < -0.4 is 5.73 Å². The number of hydrogen-bond acceptors (Lipinski definition) is 4. The van der Waals surface area contributed by atoms with Crippen molar-refractivity contribution in [1.29, 1.82) is 0 Å². The lowest BCUT2D eigenvalue weighted by molar-refractivity contribution is 0.556. The van der Waals surface area contributed by atoms with E-state index in [1.54, 1.807) is 12.3 Å². The molecule has 0 spiro atoms. The molecular weight excluding hydrogens is 228 g/mol. The number of benzene rings is 1. The van der Waals surface area contributed by atoms with Crippen molar-refractivity contribution in [2.24, 2.45) is 5.73 Å². The van der Waals surface area contributed by atoms with Gasteiger partial charge in [0.25, 0.3) is 0 Å². The fourth-order valence-corrected chi connectivity index (χ4v) is 1.72. The van der Waals surface area contributed by atoms with Gasteiger partial charge in [-0.25, -0.2) is 4.98 Å². The molecule has 0 saturated carbocycles. The highest BCUT2D eigenvalue weighted by molar-refractivity contribution is 5.76. The van der Waals surface area contributed by atoms with Crippen molar-refractivity contribution in [3.8, 4) is 0 Å². The Kier molecular flexibility index (Phi) is 2.70. The first-order chi connectivity index (χ1) is 8.85. The molecule has 4 nitrogen and oxygen atoms in total. The molecule has 4 heteroatoms. The second-order valence-corrected chi connectivity index (χ2v) is 3.91. The number of nitrogens with zero attached hydrogens (tertiary/aromatic N) is 1. The van der Waals surface area contributed by atoms with E-state index >= 15 is 0 Å². The minimum Gasteiger partial charge on any atom is -0.465 e. The Morgan fingerprint density at radius 3 is 2.94 bits per heavy atom. The number of rotatable bonds is 3. The molecule has 0 aliphatic rings. The predicted octanol–water partition coefficient (Wildman–Crippen LogP) is 3.05. The van der Waals surface area contributed by atoms with E-state index in [-0.39, 0.29) is 0 Å². The van der Waals surface area contributed by atoms with E-state index in [0.29, 0.717) is 12.4 Å². The Morgan fingerprint density at radius 1 is 1.22 bits per heavy atom. The molecule has 3 aromatic rings. The van der Waals surface area contributed by atoms with E-state index in [1.807, 2.05) is 36.4 Å². The van der Waals surface area contributed by atoms with Crippen LogP contribution in [-0.2, 0) is 6.54 Å². The second-order valence-electron chi connectivity index (χ2n) is 3.91. The van der Waals surface area contributed by atoms with Crippen LogP contribution in [0.4, 0.5) is 0 Å². The summed E-state index contributed by atoms with van der Waals surface area (Å²) < 4.78 is 10.8. The normalized spacial score (nSPS) is 11.6. The molecule has 0 aliphatic heterocycles.